The molecule has 2 aromatic rings. The number of pyridine rings is 1. The van der Waals surface area contributed by atoms with Crippen LogP contribution < -0.4 is 4.74 Å². The third kappa shape index (κ3) is 4.95. The number of esters is 1. The first-order chi connectivity index (χ1) is 14.0. The highest BCUT2D eigenvalue weighted by molar-refractivity contribution is 6.30. The van der Waals surface area contributed by atoms with Crippen molar-refractivity contribution in [3.63, 3.8) is 0 Å². The first-order valence-electron chi connectivity index (χ1n) is 9.35. The van der Waals surface area contributed by atoms with E-state index in [0.717, 1.165) is 6.08 Å². The Balaban J connectivity index is 1.67. The van der Waals surface area contributed by atoms with Gasteiger partial charge in [0, 0.05) is 6.07 Å². The monoisotopic (exact) mass is 439 g/mol. The van der Waals surface area contributed by atoms with E-state index in [0.29, 0.717) is 17.3 Å². The van der Waals surface area contributed by atoms with E-state index in [-0.39, 0.29) is 0 Å². The van der Waals surface area contributed by atoms with E-state index in [9.17, 15) is 18.0 Å². The van der Waals surface area contributed by atoms with Crippen LogP contribution in [0.4, 0.5) is 13.2 Å². The fraction of sp³-hybridized carbons (Fsp3) is 0.364. The third-order valence-electron chi connectivity index (χ3n) is 5.18. The summed E-state index contributed by atoms with van der Waals surface area (Å²) in [5.41, 5.74) is -0.205. The average Bonchev–Trinajstić information content (AvgIpc) is 3.22. The van der Waals surface area contributed by atoms with Gasteiger partial charge in [-0.25, -0.2) is 4.98 Å². The number of rotatable bonds is 6. The van der Waals surface area contributed by atoms with Gasteiger partial charge in [-0.1, -0.05) is 55.8 Å². The van der Waals surface area contributed by atoms with Crippen molar-refractivity contribution in [1.82, 2.24) is 4.98 Å². The fourth-order valence-corrected chi connectivity index (χ4v) is 3.46. The van der Waals surface area contributed by atoms with Crippen molar-refractivity contribution < 1.29 is 27.4 Å². The number of aromatic nitrogens is 1. The van der Waals surface area contributed by atoms with Crippen molar-refractivity contribution in [3.8, 4) is 11.6 Å². The minimum Gasteiger partial charge on any atom is -0.456 e. The van der Waals surface area contributed by atoms with Gasteiger partial charge in [0.1, 0.15) is 16.9 Å². The van der Waals surface area contributed by atoms with Crippen molar-refractivity contribution >= 4 is 17.6 Å². The molecule has 0 unspecified atom stereocenters. The first-order valence-corrected chi connectivity index (χ1v) is 9.73. The number of carbonyl (C=O) groups is 1. The normalized spacial score (nSPS) is 21.6. The molecule has 1 aliphatic carbocycles. The summed E-state index contributed by atoms with van der Waals surface area (Å²) in [6, 6.07) is 14.2. The van der Waals surface area contributed by atoms with E-state index < -0.39 is 40.5 Å². The Morgan fingerprint density at radius 2 is 1.83 bits per heavy atom. The van der Waals surface area contributed by atoms with Crippen LogP contribution in [0.25, 0.3) is 0 Å². The number of hydrogen-bond acceptors (Lipinski definition) is 4. The molecule has 0 amide bonds. The van der Waals surface area contributed by atoms with Crippen LogP contribution in [0.1, 0.15) is 32.6 Å². The van der Waals surface area contributed by atoms with Gasteiger partial charge in [0.15, 0.2) is 0 Å². The molecular weight excluding hydrogens is 419 g/mol. The maximum atomic E-state index is 12.7. The van der Waals surface area contributed by atoms with Crippen molar-refractivity contribution in [3.05, 3.63) is 65.3 Å². The van der Waals surface area contributed by atoms with E-state index in [1.807, 2.05) is 18.2 Å². The Hall–Kier alpha value is -2.54. The van der Waals surface area contributed by atoms with E-state index in [1.165, 1.54) is 0 Å². The molecule has 0 bridgehead atoms. The van der Waals surface area contributed by atoms with Gasteiger partial charge in [0.2, 0.25) is 5.88 Å². The lowest BCUT2D eigenvalue weighted by Crippen LogP contribution is -2.14. The van der Waals surface area contributed by atoms with Crippen LogP contribution >= 0.6 is 11.6 Å². The van der Waals surface area contributed by atoms with Crippen LogP contribution in [0, 0.1) is 17.3 Å². The van der Waals surface area contributed by atoms with Gasteiger partial charge in [-0.2, -0.15) is 13.2 Å². The number of allylic oxidation sites excluding steroid dienone is 2. The Labute approximate surface area is 177 Å². The fourth-order valence-electron chi connectivity index (χ4n) is 3.32. The number of ether oxygens (including phenoxy) is 2. The Bertz CT molecular complexity index is 944. The number of halogens is 4. The molecule has 1 aliphatic rings. The Morgan fingerprint density at radius 3 is 2.47 bits per heavy atom. The lowest BCUT2D eigenvalue weighted by molar-refractivity contribution is -0.151. The summed E-state index contributed by atoms with van der Waals surface area (Å²) in [7, 11) is 0. The van der Waals surface area contributed by atoms with E-state index in [2.05, 4.69) is 4.98 Å². The Morgan fingerprint density at radius 1 is 1.17 bits per heavy atom. The summed E-state index contributed by atoms with van der Waals surface area (Å²) < 4.78 is 49.3. The number of benzene rings is 1. The largest absolute Gasteiger partial charge is 0.456 e. The Kier molecular flexibility index (Phi) is 6.13. The SMILES string of the molecule is C[C@H](OC(=O)[C@H]1[C@@H](/C=C(\Cl)C(F)(F)F)C1(C)C)c1cccc(Oc2ccccc2)n1. The van der Waals surface area contributed by atoms with Gasteiger partial charge in [0.25, 0.3) is 0 Å². The smallest absolute Gasteiger partial charge is 0.426 e. The highest BCUT2D eigenvalue weighted by atomic mass is 35.5. The van der Waals surface area contributed by atoms with E-state index >= 15 is 0 Å². The quantitative estimate of drug-likeness (QED) is 0.486. The maximum Gasteiger partial charge on any atom is 0.426 e. The molecule has 3 atom stereocenters. The molecule has 30 heavy (non-hydrogen) atoms. The lowest BCUT2D eigenvalue weighted by Gasteiger charge is -2.14. The number of nitrogens with zero attached hydrogens (tertiary/aromatic N) is 1. The lowest BCUT2D eigenvalue weighted by atomic mass is 10.1. The van der Waals surface area contributed by atoms with Gasteiger partial charge in [0.05, 0.1) is 11.6 Å². The number of para-hydroxylation sites is 1. The second-order valence-corrected chi connectivity index (χ2v) is 8.14. The predicted octanol–water partition coefficient (Wildman–Crippen LogP) is 6.44. The molecule has 0 spiro atoms. The number of carbonyl (C=O) groups excluding carboxylic acids is 1. The molecule has 0 aliphatic heterocycles. The van der Waals surface area contributed by atoms with Gasteiger partial charge in [-0.15, -0.1) is 0 Å². The molecule has 8 heteroatoms. The van der Waals surface area contributed by atoms with Crippen LogP contribution in [0.2, 0.25) is 0 Å². The number of hydrogen-bond donors (Lipinski definition) is 0. The molecule has 3 rings (SSSR count). The van der Waals surface area contributed by atoms with Crippen molar-refractivity contribution in [2.45, 2.75) is 33.1 Å². The van der Waals surface area contributed by atoms with Crippen molar-refractivity contribution in [1.29, 1.82) is 0 Å². The van der Waals surface area contributed by atoms with Crippen LogP contribution in [-0.2, 0) is 9.53 Å². The zero-order chi connectivity index (χ0) is 22.1. The molecule has 4 nitrogen and oxygen atoms in total. The molecule has 0 N–H and O–H groups in total. The average molecular weight is 440 g/mol. The molecule has 1 heterocycles. The van der Waals surface area contributed by atoms with Crippen molar-refractivity contribution in [2.75, 3.05) is 0 Å². The van der Waals surface area contributed by atoms with E-state index in [1.54, 1.807) is 51.1 Å². The van der Waals surface area contributed by atoms with Crippen LogP contribution in [0.5, 0.6) is 11.6 Å². The molecule has 0 radical (unpaired) electrons. The summed E-state index contributed by atoms with van der Waals surface area (Å²) in [4.78, 5) is 16.9. The van der Waals surface area contributed by atoms with Gasteiger partial charge in [-0.3, -0.25) is 4.79 Å². The highest BCUT2D eigenvalue weighted by Crippen LogP contribution is 2.60. The van der Waals surface area contributed by atoms with Gasteiger partial charge in [-0.05, 0) is 36.5 Å². The zero-order valence-electron chi connectivity index (χ0n) is 16.6. The first kappa shape index (κ1) is 22.2. The molecule has 160 valence electrons. The van der Waals surface area contributed by atoms with Crippen LogP contribution in [0.15, 0.2) is 59.6 Å². The topological polar surface area (TPSA) is 48.4 Å². The molecule has 1 aromatic heterocycles. The molecule has 1 aromatic carbocycles. The minimum absolute atomic E-state index is 0.339. The summed E-state index contributed by atoms with van der Waals surface area (Å²) >= 11 is 5.33. The molecule has 0 saturated heterocycles. The minimum atomic E-state index is -4.63. The van der Waals surface area contributed by atoms with Crippen molar-refractivity contribution in [2.24, 2.45) is 17.3 Å². The van der Waals surface area contributed by atoms with Gasteiger partial charge >= 0.3 is 12.1 Å². The second-order valence-electron chi connectivity index (χ2n) is 7.73. The highest BCUT2D eigenvalue weighted by Gasteiger charge is 2.62. The zero-order valence-corrected chi connectivity index (χ0v) is 17.4. The summed E-state index contributed by atoms with van der Waals surface area (Å²) in [5, 5.41) is -1.23. The summed E-state index contributed by atoms with van der Waals surface area (Å²) in [6.45, 7) is 5.06. The second kappa shape index (κ2) is 8.30. The van der Waals surface area contributed by atoms with E-state index in [4.69, 9.17) is 21.1 Å². The van der Waals surface area contributed by atoms with Crippen LogP contribution in [0.3, 0.4) is 0 Å². The maximum absolute atomic E-state index is 12.7. The molecule has 1 fully saturated rings. The molecule has 1 saturated carbocycles. The third-order valence-corrected chi connectivity index (χ3v) is 5.52. The summed E-state index contributed by atoms with van der Waals surface area (Å²) in [6.07, 6.45) is -4.44. The van der Waals surface area contributed by atoms with Crippen LogP contribution in [-0.4, -0.2) is 17.1 Å². The number of alkyl halides is 3. The standard InChI is InChI=1S/C22H21ClF3NO3/c1-13(16-10-7-11-18(27-16)30-14-8-5-4-6-9-14)29-20(28)19-15(21(19,2)3)12-17(23)22(24,25)26/h4-13,15,19H,1-3H3/b17-12-/t13-,15+,19+/m0/s1. The summed E-state index contributed by atoms with van der Waals surface area (Å²) in [5.74, 6) is -0.989. The molecular formula is C22H21ClF3NO3. The predicted molar refractivity (Wildman–Crippen MR) is 106 cm³/mol. The van der Waals surface area contributed by atoms with Gasteiger partial charge < -0.3 is 9.47 Å².